The first kappa shape index (κ1) is 19.7. The molecular weight excluding hydrogens is 342 g/mol. The van der Waals surface area contributed by atoms with Gasteiger partial charge in [-0.05, 0) is 37.2 Å². The topological polar surface area (TPSA) is 61.9 Å². The highest BCUT2D eigenvalue weighted by Crippen LogP contribution is 2.18. The zero-order chi connectivity index (χ0) is 19.1. The van der Waals surface area contributed by atoms with Crippen molar-refractivity contribution in [3.63, 3.8) is 0 Å². The van der Waals surface area contributed by atoms with E-state index in [1.54, 1.807) is 6.92 Å². The maximum atomic E-state index is 12.4. The van der Waals surface area contributed by atoms with Crippen molar-refractivity contribution in [3.8, 4) is 0 Å². The molecule has 6 nitrogen and oxygen atoms in total. The Hall–Kier alpha value is -2.08. The van der Waals surface area contributed by atoms with Crippen LogP contribution in [-0.2, 0) is 16.1 Å². The van der Waals surface area contributed by atoms with Gasteiger partial charge in [0.25, 0.3) is 0 Å². The van der Waals surface area contributed by atoms with Gasteiger partial charge in [0.05, 0.1) is 12.7 Å². The van der Waals surface area contributed by atoms with Crippen LogP contribution in [0.25, 0.3) is 0 Å². The molecule has 27 heavy (non-hydrogen) atoms. The van der Waals surface area contributed by atoms with E-state index in [0.717, 1.165) is 51.9 Å². The number of ether oxygens (including phenoxy) is 1. The van der Waals surface area contributed by atoms with Gasteiger partial charge in [-0.1, -0.05) is 30.3 Å². The quantitative estimate of drug-likeness (QED) is 0.863. The zero-order valence-corrected chi connectivity index (χ0v) is 16.2. The normalized spacial score (nSPS) is 19.1. The van der Waals surface area contributed by atoms with Crippen molar-refractivity contribution in [2.24, 2.45) is 5.92 Å². The molecule has 3 amide bonds. The number of nitrogens with zero attached hydrogens (tertiary/aromatic N) is 2. The third-order valence-corrected chi connectivity index (χ3v) is 5.66. The smallest absolute Gasteiger partial charge is 0.317 e. The molecule has 1 aromatic carbocycles. The van der Waals surface area contributed by atoms with E-state index in [1.165, 1.54) is 5.56 Å². The maximum Gasteiger partial charge on any atom is 0.317 e. The summed E-state index contributed by atoms with van der Waals surface area (Å²) in [5.41, 5.74) is 1.19. The first-order valence-electron chi connectivity index (χ1n) is 10.1. The number of nitrogens with one attached hydrogen (secondary N) is 1. The molecule has 2 aliphatic heterocycles. The zero-order valence-electron chi connectivity index (χ0n) is 16.2. The summed E-state index contributed by atoms with van der Waals surface area (Å²) in [6, 6.07) is 10.2. The number of benzene rings is 1. The third-order valence-electron chi connectivity index (χ3n) is 5.66. The molecule has 2 aliphatic rings. The highest BCUT2D eigenvalue weighted by atomic mass is 16.5. The van der Waals surface area contributed by atoms with Crippen molar-refractivity contribution in [3.05, 3.63) is 35.9 Å². The second-order valence-electron chi connectivity index (χ2n) is 7.62. The van der Waals surface area contributed by atoms with Crippen LogP contribution in [0.4, 0.5) is 4.79 Å². The van der Waals surface area contributed by atoms with Crippen molar-refractivity contribution in [1.82, 2.24) is 15.1 Å². The fraction of sp³-hybridized carbons (Fsp3) is 0.619. The first-order valence-corrected chi connectivity index (χ1v) is 10.1. The van der Waals surface area contributed by atoms with Gasteiger partial charge in [0.15, 0.2) is 0 Å². The van der Waals surface area contributed by atoms with Crippen LogP contribution in [0.5, 0.6) is 0 Å². The molecular formula is C21H31N3O3. The number of carbonyl (C=O) groups is 2. The SMILES string of the molecule is CC(=O)N1CCC(CNC(=O)N2CCC(OCc3ccccc3)CC2)CC1. The van der Waals surface area contributed by atoms with Crippen LogP contribution in [0.1, 0.15) is 38.2 Å². The number of urea groups is 1. The molecule has 2 fully saturated rings. The minimum Gasteiger partial charge on any atom is -0.373 e. The average molecular weight is 373 g/mol. The molecule has 0 saturated carbocycles. The molecule has 0 atom stereocenters. The van der Waals surface area contributed by atoms with Gasteiger partial charge in [-0.25, -0.2) is 4.79 Å². The van der Waals surface area contributed by atoms with Gasteiger partial charge in [0.2, 0.25) is 5.91 Å². The fourth-order valence-corrected chi connectivity index (χ4v) is 3.81. The summed E-state index contributed by atoms with van der Waals surface area (Å²) in [6.45, 7) is 6.06. The predicted molar refractivity (Wildman–Crippen MR) is 104 cm³/mol. The lowest BCUT2D eigenvalue weighted by molar-refractivity contribution is -0.130. The Balaban J connectivity index is 1.31. The molecule has 6 heteroatoms. The van der Waals surface area contributed by atoms with Gasteiger partial charge in [-0.15, -0.1) is 0 Å². The van der Waals surface area contributed by atoms with Crippen LogP contribution in [-0.4, -0.2) is 60.6 Å². The number of hydrogen-bond acceptors (Lipinski definition) is 3. The highest BCUT2D eigenvalue weighted by molar-refractivity contribution is 5.74. The van der Waals surface area contributed by atoms with Gasteiger partial charge in [-0.2, -0.15) is 0 Å². The van der Waals surface area contributed by atoms with E-state index in [4.69, 9.17) is 4.74 Å². The summed E-state index contributed by atoms with van der Waals surface area (Å²) >= 11 is 0. The van der Waals surface area contributed by atoms with Gasteiger partial charge in [0.1, 0.15) is 0 Å². The van der Waals surface area contributed by atoms with E-state index in [0.29, 0.717) is 19.1 Å². The van der Waals surface area contributed by atoms with Crippen LogP contribution >= 0.6 is 0 Å². The second-order valence-corrected chi connectivity index (χ2v) is 7.62. The number of piperidine rings is 2. The van der Waals surface area contributed by atoms with Crippen molar-refractivity contribution in [1.29, 1.82) is 0 Å². The van der Waals surface area contributed by atoms with E-state index in [2.05, 4.69) is 17.4 Å². The summed E-state index contributed by atoms with van der Waals surface area (Å²) in [6.07, 6.45) is 3.93. The molecule has 3 rings (SSSR count). The Bertz CT molecular complexity index is 606. The Morgan fingerprint density at radius 3 is 2.26 bits per heavy atom. The summed E-state index contributed by atoms with van der Waals surface area (Å²) in [7, 11) is 0. The summed E-state index contributed by atoms with van der Waals surface area (Å²) < 4.78 is 5.99. The largest absolute Gasteiger partial charge is 0.373 e. The molecule has 1 aromatic rings. The summed E-state index contributed by atoms with van der Waals surface area (Å²) in [5, 5.41) is 3.08. The average Bonchev–Trinajstić information content (AvgIpc) is 2.72. The molecule has 2 saturated heterocycles. The summed E-state index contributed by atoms with van der Waals surface area (Å²) in [4.78, 5) is 27.6. The number of rotatable bonds is 5. The van der Waals surface area contributed by atoms with E-state index >= 15 is 0 Å². The maximum absolute atomic E-state index is 12.4. The molecule has 0 unspecified atom stereocenters. The van der Waals surface area contributed by atoms with E-state index in [9.17, 15) is 9.59 Å². The van der Waals surface area contributed by atoms with Gasteiger partial charge >= 0.3 is 6.03 Å². The number of hydrogen-bond donors (Lipinski definition) is 1. The Morgan fingerprint density at radius 2 is 1.63 bits per heavy atom. The predicted octanol–water partition coefficient (Wildman–Crippen LogP) is 2.64. The van der Waals surface area contributed by atoms with Crippen molar-refractivity contribution < 1.29 is 14.3 Å². The van der Waals surface area contributed by atoms with Crippen molar-refractivity contribution in [2.75, 3.05) is 32.7 Å². The lowest BCUT2D eigenvalue weighted by Gasteiger charge is -2.34. The third kappa shape index (κ3) is 5.96. The highest BCUT2D eigenvalue weighted by Gasteiger charge is 2.25. The van der Waals surface area contributed by atoms with Crippen LogP contribution < -0.4 is 5.32 Å². The molecule has 148 valence electrons. The molecule has 0 radical (unpaired) electrons. The number of likely N-dealkylation sites (tertiary alicyclic amines) is 2. The minimum atomic E-state index is 0.0329. The van der Waals surface area contributed by atoms with Crippen molar-refractivity contribution >= 4 is 11.9 Å². The number of amides is 3. The summed E-state index contributed by atoms with van der Waals surface area (Å²) in [5.74, 6) is 0.617. The van der Waals surface area contributed by atoms with Gasteiger partial charge in [-0.3, -0.25) is 4.79 Å². The van der Waals surface area contributed by atoms with Gasteiger partial charge < -0.3 is 19.9 Å². The second kappa shape index (κ2) is 9.74. The van der Waals surface area contributed by atoms with Crippen LogP contribution in [0.2, 0.25) is 0 Å². The standard InChI is InChI=1S/C21H31N3O3/c1-17(25)23-11-7-18(8-12-23)15-22-21(26)24-13-9-20(10-14-24)27-16-19-5-3-2-4-6-19/h2-6,18,20H,7-16H2,1H3,(H,22,26). The monoisotopic (exact) mass is 373 g/mol. The lowest BCUT2D eigenvalue weighted by Crippen LogP contribution is -2.48. The Kier molecular flexibility index (Phi) is 7.10. The van der Waals surface area contributed by atoms with E-state index in [1.807, 2.05) is 28.0 Å². The lowest BCUT2D eigenvalue weighted by atomic mass is 9.97. The Morgan fingerprint density at radius 1 is 1.00 bits per heavy atom. The van der Waals surface area contributed by atoms with Crippen molar-refractivity contribution in [2.45, 2.75) is 45.3 Å². The molecule has 0 aromatic heterocycles. The molecule has 2 heterocycles. The van der Waals surface area contributed by atoms with Crippen LogP contribution in [0.3, 0.4) is 0 Å². The number of carbonyl (C=O) groups excluding carboxylic acids is 2. The van der Waals surface area contributed by atoms with Crippen LogP contribution in [0.15, 0.2) is 30.3 Å². The molecule has 0 aliphatic carbocycles. The van der Waals surface area contributed by atoms with Gasteiger partial charge in [0, 0.05) is 39.6 Å². The van der Waals surface area contributed by atoms with E-state index in [-0.39, 0.29) is 18.0 Å². The molecule has 1 N–H and O–H groups in total. The van der Waals surface area contributed by atoms with E-state index < -0.39 is 0 Å². The molecule has 0 bridgehead atoms. The minimum absolute atomic E-state index is 0.0329. The molecule has 0 spiro atoms. The fourth-order valence-electron chi connectivity index (χ4n) is 3.81. The van der Waals surface area contributed by atoms with Crippen LogP contribution in [0, 0.1) is 5.92 Å². The Labute approximate surface area is 161 Å². The first-order chi connectivity index (χ1) is 13.1.